The van der Waals surface area contributed by atoms with E-state index in [9.17, 15) is 24.8 Å². The molecule has 0 bridgehead atoms. The fraction of sp³-hybridized carbons (Fsp3) is 0.111. The second-order valence-corrected chi connectivity index (χ2v) is 7.73. The van der Waals surface area contributed by atoms with Crippen LogP contribution in [0.15, 0.2) is 96.3 Å². The Kier molecular flexibility index (Phi) is 6.73. The molecular weight excluding hydrogens is 448 g/mol. The number of ketones is 1. The molecule has 0 spiro atoms. The van der Waals surface area contributed by atoms with Crippen molar-refractivity contribution >= 4 is 29.1 Å². The maximum Gasteiger partial charge on any atom is 0.294 e. The first-order chi connectivity index (χ1) is 16.9. The molecular formula is C27H22N2O6. The highest BCUT2D eigenvalue weighted by Crippen LogP contribution is 2.42. The maximum absolute atomic E-state index is 13.3. The Balaban J connectivity index is 1.79. The molecule has 0 fully saturated rings. The number of hydrogen-bond acceptors (Lipinski definition) is 6. The first-order valence-electron chi connectivity index (χ1n) is 10.9. The summed E-state index contributed by atoms with van der Waals surface area (Å²) in [6.45, 7) is 2.31. The Morgan fingerprint density at radius 2 is 1.80 bits per heavy atom. The molecule has 4 rings (SSSR count). The number of ether oxygens (including phenoxy) is 1. The third-order valence-corrected chi connectivity index (χ3v) is 5.52. The topological polar surface area (TPSA) is 110 Å². The van der Waals surface area contributed by atoms with Gasteiger partial charge in [-0.2, -0.15) is 0 Å². The van der Waals surface area contributed by atoms with E-state index in [1.54, 1.807) is 36.4 Å². The van der Waals surface area contributed by atoms with Crippen LogP contribution in [-0.2, 0) is 9.59 Å². The number of aliphatic hydroxyl groups is 1. The zero-order valence-corrected chi connectivity index (χ0v) is 18.8. The minimum absolute atomic E-state index is 0.156. The molecule has 1 N–H and O–H groups in total. The lowest BCUT2D eigenvalue weighted by atomic mass is 9.95. The van der Waals surface area contributed by atoms with E-state index < -0.39 is 28.4 Å². The molecule has 0 radical (unpaired) electrons. The molecule has 1 amide bonds. The average molecular weight is 470 g/mol. The van der Waals surface area contributed by atoms with Crippen LogP contribution in [0.4, 0.5) is 11.4 Å². The van der Waals surface area contributed by atoms with Gasteiger partial charge in [-0.1, -0.05) is 48.5 Å². The largest absolute Gasteiger partial charge is 0.503 e. The molecule has 1 atom stereocenters. The quantitative estimate of drug-likeness (QED) is 0.276. The third-order valence-electron chi connectivity index (χ3n) is 5.52. The van der Waals surface area contributed by atoms with Gasteiger partial charge in [-0.05, 0) is 48.4 Å². The Morgan fingerprint density at radius 1 is 1.09 bits per heavy atom. The molecule has 3 aromatic rings. The molecule has 0 aliphatic carbocycles. The molecule has 8 heteroatoms. The van der Waals surface area contributed by atoms with E-state index in [4.69, 9.17) is 4.74 Å². The van der Waals surface area contributed by atoms with Crippen LogP contribution in [0.5, 0.6) is 5.75 Å². The lowest BCUT2D eigenvalue weighted by molar-refractivity contribution is -0.384. The highest BCUT2D eigenvalue weighted by molar-refractivity contribution is 6.19. The Bertz CT molecular complexity index is 1330. The first-order valence-corrected chi connectivity index (χ1v) is 10.9. The minimum Gasteiger partial charge on any atom is -0.503 e. The highest BCUT2D eigenvalue weighted by Gasteiger charge is 2.44. The average Bonchev–Trinajstić information content (AvgIpc) is 3.14. The van der Waals surface area contributed by atoms with Gasteiger partial charge in [0.15, 0.2) is 11.5 Å². The Morgan fingerprint density at radius 3 is 2.46 bits per heavy atom. The van der Waals surface area contributed by atoms with E-state index in [-0.39, 0.29) is 11.3 Å². The molecule has 3 aromatic carbocycles. The van der Waals surface area contributed by atoms with E-state index in [1.165, 1.54) is 29.2 Å². The number of anilines is 1. The number of carbonyl (C=O) groups is 2. The van der Waals surface area contributed by atoms with Crippen LogP contribution in [0.2, 0.25) is 0 Å². The van der Waals surface area contributed by atoms with E-state index >= 15 is 0 Å². The van der Waals surface area contributed by atoms with Gasteiger partial charge in [0.1, 0.15) is 5.75 Å². The number of carbonyl (C=O) groups excluding carboxylic acids is 2. The molecule has 1 heterocycles. The summed E-state index contributed by atoms with van der Waals surface area (Å²) in [6, 6.07) is 20.3. The summed E-state index contributed by atoms with van der Waals surface area (Å²) in [5.74, 6) is -1.46. The van der Waals surface area contributed by atoms with Crippen molar-refractivity contribution in [1.82, 2.24) is 0 Å². The second kappa shape index (κ2) is 10.0. The number of nitrogens with zero attached hydrogens (tertiary/aromatic N) is 2. The van der Waals surface area contributed by atoms with E-state index in [0.717, 1.165) is 5.56 Å². The number of non-ortho nitro benzene ring substituents is 1. The number of aliphatic hydroxyl groups excluding tert-OH is 1. The fourth-order valence-corrected chi connectivity index (χ4v) is 3.94. The van der Waals surface area contributed by atoms with Gasteiger partial charge in [0.25, 0.3) is 11.6 Å². The molecule has 1 aliphatic heterocycles. The molecule has 35 heavy (non-hydrogen) atoms. The van der Waals surface area contributed by atoms with Gasteiger partial charge in [-0.15, -0.1) is 0 Å². The lowest BCUT2D eigenvalue weighted by Gasteiger charge is -2.26. The molecule has 176 valence electrons. The number of hydrogen-bond donors (Lipinski definition) is 1. The van der Waals surface area contributed by atoms with Gasteiger partial charge in [0.2, 0.25) is 0 Å². The summed E-state index contributed by atoms with van der Waals surface area (Å²) in [6.07, 6.45) is 2.86. The van der Waals surface area contributed by atoms with Crippen LogP contribution in [0.3, 0.4) is 0 Å². The monoisotopic (exact) mass is 470 g/mol. The SMILES string of the molecule is CCOc1ccc(N2C(=O)C(O)=C(C(=O)/C=C/c3ccccc3)[C@H]2c2cccc([N+](=O)[O-])c2)cc1. The van der Waals surface area contributed by atoms with Crippen molar-refractivity contribution in [1.29, 1.82) is 0 Å². The molecule has 0 aromatic heterocycles. The molecule has 1 aliphatic rings. The Hall–Kier alpha value is -4.72. The number of amides is 1. The smallest absolute Gasteiger partial charge is 0.294 e. The van der Waals surface area contributed by atoms with E-state index in [2.05, 4.69) is 0 Å². The Labute approximate surface area is 201 Å². The predicted octanol–water partition coefficient (Wildman–Crippen LogP) is 5.18. The molecule has 8 nitrogen and oxygen atoms in total. The van der Waals surface area contributed by atoms with Gasteiger partial charge in [-0.25, -0.2) is 0 Å². The molecule has 0 unspecified atom stereocenters. The van der Waals surface area contributed by atoms with Gasteiger partial charge in [0, 0.05) is 17.8 Å². The summed E-state index contributed by atoms with van der Waals surface area (Å²) < 4.78 is 5.46. The summed E-state index contributed by atoms with van der Waals surface area (Å²) in [5, 5.41) is 22.2. The van der Waals surface area contributed by atoms with Crippen LogP contribution in [-0.4, -0.2) is 28.3 Å². The first kappa shape index (κ1) is 23.4. The normalized spacial score (nSPS) is 15.6. The number of nitro benzene ring substituents is 1. The number of benzene rings is 3. The van der Waals surface area contributed by atoms with Gasteiger partial charge < -0.3 is 9.84 Å². The van der Waals surface area contributed by atoms with Crippen molar-refractivity contribution in [3.05, 3.63) is 118 Å². The van der Waals surface area contributed by atoms with Gasteiger partial charge in [0.05, 0.1) is 23.1 Å². The fourth-order valence-electron chi connectivity index (χ4n) is 3.94. The van der Waals surface area contributed by atoms with Crippen LogP contribution >= 0.6 is 0 Å². The number of rotatable bonds is 8. The van der Waals surface area contributed by atoms with Crippen molar-refractivity contribution in [2.45, 2.75) is 13.0 Å². The van der Waals surface area contributed by atoms with E-state index in [0.29, 0.717) is 23.6 Å². The zero-order valence-electron chi connectivity index (χ0n) is 18.8. The third kappa shape index (κ3) is 4.81. The molecule has 0 saturated carbocycles. The lowest BCUT2D eigenvalue weighted by Crippen LogP contribution is -2.30. The van der Waals surface area contributed by atoms with Crippen molar-refractivity contribution in [2.24, 2.45) is 0 Å². The summed E-state index contributed by atoms with van der Waals surface area (Å²) in [7, 11) is 0. The second-order valence-electron chi connectivity index (χ2n) is 7.73. The van der Waals surface area contributed by atoms with Crippen LogP contribution in [0.1, 0.15) is 24.1 Å². The van der Waals surface area contributed by atoms with E-state index in [1.807, 2.05) is 37.3 Å². The van der Waals surface area contributed by atoms with Crippen molar-refractivity contribution in [3.63, 3.8) is 0 Å². The predicted molar refractivity (Wildman–Crippen MR) is 131 cm³/mol. The van der Waals surface area contributed by atoms with Crippen molar-refractivity contribution < 1.29 is 24.4 Å². The van der Waals surface area contributed by atoms with Crippen molar-refractivity contribution in [3.8, 4) is 5.75 Å². The summed E-state index contributed by atoms with van der Waals surface area (Å²) in [4.78, 5) is 38.5. The number of allylic oxidation sites excluding steroid dienone is 1. The summed E-state index contributed by atoms with van der Waals surface area (Å²) >= 11 is 0. The maximum atomic E-state index is 13.3. The van der Waals surface area contributed by atoms with Gasteiger partial charge >= 0.3 is 0 Å². The highest BCUT2D eigenvalue weighted by atomic mass is 16.6. The minimum atomic E-state index is -1.06. The number of nitro groups is 1. The van der Waals surface area contributed by atoms with Crippen LogP contribution in [0, 0.1) is 10.1 Å². The van der Waals surface area contributed by atoms with Crippen molar-refractivity contribution in [2.75, 3.05) is 11.5 Å². The van der Waals surface area contributed by atoms with Gasteiger partial charge in [-0.3, -0.25) is 24.6 Å². The van der Waals surface area contributed by atoms with Crippen LogP contribution < -0.4 is 9.64 Å². The standard InChI is InChI=1S/C27H22N2O6/c1-2-35-22-14-12-20(13-15-22)28-25(19-9-6-10-21(17-19)29(33)34)24(26(31)27(28)32)23(30)16-11-18-7-4-3-5-8-18/h3-17,25,31H,2H2,1H3/b16-11+/t25-/m1/s1. The zero-order chi connectivity index (χ0) is 24.9. The molecule has 0 saturated heterocycles. The summed E-state index contributed by atoms with van der Waals surface area (Å²) in [5.41, 5.74) is 1.13. The van der Waals surface area contributed by atoms with Crippen LogP contribution in [0.25, 0.3) is 6.08 Å².